The van der Waals surface area contributed by atoms with Crippen molar-refractivity contribution in [2.24, 2.45) is 13.0 Å². The van der Waals surface area contributed by atoms with Crippen LogP contribution in [0.1, 0.15) is 33.1 Å². The third-order valence-corrected chi connectivity index (χ3v) is 6.49. The van der Waals surface area contributed by atoms with Gasteiger partial charge >= 0.3 is 11.7 Å². The van der Waals surface area contributed by atoms with E-state index >= 15 is 0 Å². The normalized spacial score (nSPS) is 15.1. The molecule has 1 fully saturated rings. The second kappa shape index (κ2) is 9.27. The monoisotopic (exact) mass is 488 g/mol. The van der Waals surface area contributed by atoms with E-state index in [-0.39, 0.29) is 11.6 Å². The number of fused-ring (bicyclic) bond motifs is 1. The number of carboxylic acid groups (broad SMARTS) is 1. The van der Waals surface area contributed by atoms with Gasteiger partial charge in [-0.25, -0.2) is 9.78 Å². The van der Waals surface area contributed by atoms with Crippen molar-refractivity contribution in [2.45, 2.75) is 45.3 Å². The standard InChI is InChI=1S/C23H29ClN6O4/c1-23(2,34)8-11-30-17-5-4-15(12-18(17)28(3)22(30)33)26-19-16(24)13-25-21(27-19)29-9-6-14(7-10-29)20(31)32/h4-5,12-14,34H,6-11H2,1-3H3,(H,31,32)(H,25,26,27). The van der Waals surface area contributed by atoms with Gasteiger partial charge in [-0.3, -0.25) is 13.9 Å². The number of nitrogens with zero attached hydrogens (tertiary/aromatic N) is 5. The number of aliphatic hydroxyl groups is 1. The van der Waals surface area contributed by atoms with E-state index in [4.69, 9.17) is 11.6 Å². The van der Waals surface area contributed by atoms with E-state index in [1.807, 2.05) is 23.1 Å². The number of rotatable bonds is 7. The predicted octanol–water partition coefficient (Wildman–Crippen LogP) is 2.99. The zero-order chi connectivity index (χ0) is 24.6. The Morgan fingerprint density at radius 1 is 1.26 bits per heavy atom. The molecule has 3 heterocycles. The Morgan fingerprint density at radius 2 is 1.97 bits per heavy atom. The van der Waals surface area contributed by atoms with E-state index in [0.717, 1.165) is 11.0 Å². The van der Waals surface area contributed by atoms with Gasteiger partial charge in [0.2, 0.25) is 5.95 Å². The predicted molar refractivity (Wildman–Crippen MR) is 131 cm³/mol. The summed E-state index contributed by atoms with van der Waals surface area (Å²) in [6.45, 7) is 4.97. The molecule has 1 aromatic carbocycles. The molecular weight excluding hydrogens is 460 g/mol. The Morgan fingerprint density at radius 3 is 2.62 bits per heavy atom. The fraction of sp³-hybridized carbons (Fsp3) is 0.478. The summed E-state index contributed by atoms with van der Waals surface area (Å²) in [7, 11) is 1.71. The average molecular weight is 489 g/mol. The van der Waals surface area contributed by atoms with Gasteiger partial charge in [-0.15, -0.1) is 0 Å². The number of aliphatic carboxylic acids is 1. The minimum Gasteiger partial charge on any atom is -0.481 e. The molecular formula is C23H29ClN6O4. The third-order valence-electron chi connectivity index (χ3n) is 6.21. The first-order chi connectivity index (χ1) is 16.0. The molecule has 0 spiro atoms. The van der Waals surface area contributed by atoms with E-state index in [1.165, 1.54) is 6.20 Å². The molecule has 0 bridgehead atoms. The van der Waals surface area contributed by atoms with Crippen molar-refractivity contribution in [2.75, 3.05) is 23.3 Å². The van der Waals surface area contributed by atoms with Gasteiger partial charge in [0.25, 0.3) is 0 Å². The highest BCUT2D eigenvalue weighted by Gasteiger charge is 2.26. The average Bonchev–Trinajstić information content (AvgIpc) is 3.03. The Hall–Kier alpha value is -3.11. The summed E-state index contributed by atoms with van der Waals surface area (Å²) < 4.78 is 3.23. The number of aryl methyl sites for hydroxylation is 2. The summed E-state index contributed by atoms with van der Waals surface area (Å²) in [5, 5.41) is 22.8. The molecule has 4 rings (SSSR count). The topological polar surface area (TPSA) is 126 Å². The zero-order valence-corrected chi connectivity index (χ0v) is 20.2. The number of carboxylic acids is 1. The van der Waals surface area contributed by atoms with Crippen LogP contribution in [-0.4, -0.2) is 54.0 Å². The lowest BCUT2D eigenvalue weighted by Gasteiger charge is -2.30. The van der Waals surface area contributed by atoms with E-state index in [9.17, 15) is 19.8 Å². The van der Waals surface area contributed by atoms with Gasteiger partial charge in [-0.2, -0.15) is 4.98 Å². The van der Waals surface area contributed by atoms with Gasteiger partial charge in [0.15, 0.2) is 5.82 Å². The van der Waals surface area contributed by atoms with E-state index in [1.54, 1.807) is 30.0 Å². The van der Waals surface area contributed by atoms with Gasteiger partial charge < -0.3 is 20.4 Å². The number of nitrogens with one attached hydrogen (secondary N) is 1. The van der Waals surface area contributed by atoms with Gasteiger partial charge in [0.1, 0.15) is 5.02 Å². The number of anilines is 3. The minimum atomic E-state index is -0.868. The summed E-state index contributed by atoms with van der Waals surface area (Å²) in [5.41, 5.74) is 1.21. The van der Waals surface area contributed by atoms with E-state index in [2.05, 4.69) is 15.3 Å². The maximum Gasteiger partial charge on any atom is 0.328 e. The van der Waals surface area contributed by atoms with E-state index < -0.39 is 11.6 Å². The van der Waals surface area contributed by atoms with Crippen LogP contribution in [0.4, 0.5) is 17.5 Å². The van der Waals surface area contributed by atoms with Crippen molar-refractivity contribution >= 4 is 46.1 Å². The van der Waals surface area contributed by atoms with Crippen LogP contribution in [0, 0.1) is 5.92 Å². The SMILES string of the molecule is Cn1c(=O)n(CCC(C)(C)O)c2ccc(Nc3nc(N4CCC(C(=O)O)CC4)ncc3Cl)cc21. The highest BCUT2D eigenvalue weighted by molar-refractivity contribution is 6.32. The first-order valence-corrected chi connectivity index (χ1v) is 11.6. The number of carbonyl (C=O) groups is 1. The third kappa shape index (κ3) is 5.02. The highest BCUT2D eigenvalue weighted by Crippen LogP contribution is 2.28. The quantitative estimate of drug-likeness (QED) is 0.463. The van der Waals surface area contributed by atoms with Crippen molar-refractivity contribution in [3.63, 3.8) is 0 Å². The maximum absolute atomic E-state index is 12.8. The smallest absolute Gasteiger partial charge is 0.328 e. The minimum absolute atomic E-state index is 0.150. The van der Waals surface area contributed by atoms with Crippen molar-refractivity contribution in [1.82, 2.24) is 19.1 Å². The zero-order valence-electron chi connectivity index (χ0n) is 19.5. The summed E-state index contributed by atoms with van der Waals surface area (Å²) in [4.78, 5) is 34.8. The molecule has 182 valence electrons. The lowest BCUT2D eigenvalue weighted by molar-refractivity contribution is -0.142. The summed E-state index contributed by atoms with van der Waals surface area (Å²) >= 11 is 6.35. The molecule has 0 amide bonds. The number of hydrogen-bond donors (Lipinski definition) is 3. The molecule has 0 saturated carbocycles. The molecule has 0 aliphatic carbocycles. The van der Waals surface area contributed by atoms with Crippen LogP contribution in [-0.2, 0) is 18.4 Å². The molecule has 34 heavy (non-hydrogen) atoms. The summed E-state index contributed by atoms with van der Waals surface area (Å²) in [6.07, 6.45) is 3.06. The molecule has 1 aliphatic rings. The molecule has 0 radical (unpaired) electrons. The lowest BCUT2D eigenvalue weighted by Crippen LogP contribution is -2.37. The van der Waals surface area contributed by atoms with Crippen LogP contribution >= 0.6 is 11.6 Å². The fourth-order valence-corrected chi connectivity index (χ4v) is 4.29. The molecule has 3 N–H and O–H groups in total. The van der Waals surface area contributed by atoms with E-state index in [0.29, 0.717) is 61.4 Å². The Kier molecular flexibility index (Phi) is 6.55. The number of benzene rings is 1. The summed E-state index contributed by atoms with van der Waals surface area (Å²) in [6, 6.07) is 5.56. The van der Waals surface area contributed by atoms with Crippen molar-refractivity contribution in [3.05, 3.63) is 39.9 Å². The fourth-order valence-electron chi connectivity index (χ4n) is 4.15. The second-order valence-electron chi connectivity index (χ2n) is 9.35. The Balaban J connectivity index is 1.57. The van der Waals surface area contributed by atoms with Crippen LogP contribution in [0.2, 0.25) is 5.02 Å². The van der Waals surface area contributed by atoms with Gasteiger partial charge in [0.05, 0.1) is 28.7 Å². The van der Waals surface area contributed by atoms with Crippen LogP contribution < -0.4 is 15.9 Å². The Bertz CT molecular complexity index is 1270. The molecule has 10 nitrogen and oxygen atoms in total. The lowest BCUT2D eigenvalue weighted by atomic mass is 9.97. The van der Waals surface area contributed by atoms with Crippen molar-refractivity contribution < 1.29 is 15.0 Å². The number of halogens is 1. The molecule has 2 aromatic heterocycles. The first-order valence-electron chi connectivity index (χ1n) is 11.2. The molecule has 0 atom stereocenters. The molecule has 11 heteroatoms. The molecule has 3 aromatic rings. The number of aromatic nitrogens is 4. The molecule has 1 aliphatic heterocycles. The maximum atomic E-state index is 12.8. The summed E-state index contributed by atoms with van der Waals surface area (Å²) in [5.74, 6) is -0.187. The number of hydrogen-bond acceptors (Lipinski definition) is 7. The van der Waals surface area contributed by atoms with Gasteiger partial charge in [0, 0.05) is 32.4 Å². The number of piperidine rings is 1. The van der Waals surface area contributed by atoms with Gasteiger partial charge in [-0.1, -0.05) is 11.6 Å². The molecule has 1 saturated heterocycles. The Labute approximate surface area is 201 Å². The first kappa shape index (κ1) is 24.0. The van der Waals surface area contributed by atoms with Gasteiger partial charge in [-0.05, 0) is 51.3 Å². The van der Waals surface area contributed by atoms with Crippen molar-refractivity contribution in [3.8, 4) is 0 Å². The highest BCUT2D eigenvalue weighted by atomic mass is 35.5. The largest absolute Gasteiger partial charge is 0.481 e. The molecule has 0 unspecified atom stereocenters. The van der Waals surface area contributed by atoms with Crippen LogP contribution in [0.5, 0.6) is 0 Å². The van der Waals surface area contributed by atoms with Crippen LogP contribution in [0.15, 0.2) is 29.2 Å². The van der Waals surface area contributed by atoms with Crippen LogP contribution in [0.3, 0.4) is 0 Å². The number of imidazole rings is 1. The van der Waals surface area contributed by atoms with Crippen LogP contribution in [0.25, 0.3) is 11.0 Å². The second-order valence-corrected chi connectivity index (χ2v) is 9.76. The van der Waals surface area contributed by atoms with Crippen molar-refractivity contribution in [1.29, 1.82) is 0 Å².